The molecule has 0 amide bonds. The fraction of sp³-hybridized carbons (Fsp3) is 0. The molecular formula is C8H10SSn. The molecule has 0 nitrogen and oxygen atoms in total. The molecule has 0 unspecified atom stereocenters. The molecule has 1 heterocycles. The van der Waals surface area contributed by atoms with Crippen molar-refractivity contribution in [2.24, 2.45) is 0 Å². The van der Waals surface area contributed by atoms with Crippen molar-refractivity contribution in [1.29, 1.82) is 0 Å². The number of hydrogen-bond acceptors (Lipinski definition) is 1. The van der Waals surface area contributed by atoms with E-state index >= 15 is 0 Å². The average molecular weight is 257 g/mol. The van der Waals surface area contributed by atoms with E-state index in [1.54, 1.807) is 11.3 Å². The normalized spacial score (nSPS) is 9.20. The Morgan fingerprint density at radius 2 is 1.80 bits per heavy atom. The molecule has 1 aromatic carbocycles. The third kappa shape index (κ3) is 1.35. The summed E-state index contributed by atoms with van der Waals surface area (Å²) in [7, 11) is 0. The molecule has 1 aromatic heterocycles. The predicted octanol–water partition coefficient (Wildman–Crippen LogP) is 1.45. The van der Waals surface area contributed by atoms with Gasteiger partial charge in [-0.1, -0.05) is 18.2 Å². The molecule has 0 N–H and O–H groups in total. The molecule has 0 fully saturated rings. The Labute approximate surface area is 80.8 Å². The Balaban J connectivity index is 0.000000500. The average Bonchev–Trinajstić information content (AvgIpc) is 2.33. The largest absolute Gasteiger partial charge is 0.144 e. The van der Waals surface area contributed by atoms with Gasteiger partial charge in [-0.15, -0.1) is 11.3 Å². The van der Waals surface area contributed by atoms with Crippen LogP contribution in [0.15, 0.2) is 35.7 Å². The number of thiophene rings is 1. The Morgan fingerprint density at radius 3 is 2.60 bits per heavy atom. The van der Waals surface area contributed by atoms with Crippen LogP contribution in [0.1, 0.15) is 0 Å². The number of hydrogen-bond donors (Lipinski definition) is 0. The number of benzene rings is 1. The predicted molar refractivity (Wildman–Crippen MR) is 53.2 cm³/mol. The van der Waals surface area contributed by atoms with Gasteiger partial charge in [-0.2, -0.15) is 0 Å². The summed E-state index contributed by atoms with van der Waals surface area (Å²) in [5.74, 6) is 0. The molecule has 10 heavy (non-hydrogen) atoms. The van der Waals surface area contributed by atoms with Crippen LogP contribution >= 0.6 is 11.3 Å². The zero-order chi connectivity index (χ0) is 6.10. The maximum atomic E-state index is 2.14. The van der Waals surface area contributed by atoms with Gasteiger partial charge in [-0.3, -0.25) is 0 Å². The Bertz CT molecular complexity index is 283. The van der Waals surface area contributed by atoms with Gasteiger partial charge in [0.25, 0.3) is 0 Å². The Morgan fingerprint density at radius 1 is 1.00 bits per heavy atom. The van der Waals surface area contributed by atoms with Crippen LogP contribution in [0.25, 0.3) is 10.1 Å². The van der Waals surface area contributed by atoms with Gasteiger partial charge < -0.3 is 0 Å². The summed E-state index contributed by atoms with van der Waals surface area (Å²) < 4.78 is 1.37. The molecule has 0 bridgehead atoms. The van der Waals surface area contributed by atoms with E-state index in [-0.39, 0.29) is 23.9 Å². The van der Waals surface area contributed by atoms with Crippen molar-refractivity contribution >= 4 is 45.3 Å². The molecule has 0 aliphatic rings. The van der Waals surface area contributed by atoms with Crippen LogP contribution in [0, 0.1) is 0 Å². The fourth-order valence-electron chi connectivity index (χ4n) is 0.906. The summed E-state index contributed by atoms with van der Waals surface area (Å²) >= 11 is 1.79. The van der Waals surface area contributed by atoms with Gasteiger partial charge >= 0.3 is 23.9 Å². The second-order valence-corrected chi connectivity index (χ2v) is 2.91. The van der Waals surface area contributed by atoms with E-state index < -0.39 is 0 Å². The van der Waals surface area contributed by atoms with Gasteiger partial charge in [0.1, 0.15) is 0 Å². The Kier molecular flexibility index (Phi) is 2.74. The minimum atomic E-state index is 0. The van der Waals surface area contributed by atoms with Crippen LogP contribution in [0.3, 0.4) is 0 Å². The van der Waals surface area contributed by atoms with E-state index in [4.69, 9.17) is 0 Å². The molecule has 2 rings (SSSR count). The van der Waals surface area contributed by atoms with Gasteiger partial charge in [-0.05, 0) is 22.9 Å². The van der Waals surface area contributed by atoms with E-state index in [1.165, 1.54) is 10.1 Å². The summed E-state index contributed by atoms with van der Waals surface area (Å²) in [5, 5.41) is 3.47. The van der Waals surface area contributed by atoms with Crippen LogP contribution < -0.4 is 0 Å². The Hall–Kier alpha value is -0.0213. The van der Waals surface area contributed by atoms with Gasteiger partial charge in [0.05, 0.1) is 0 Å². The van der Waals surface area contributed by atoms with Crippen LogP contribution in [0.2, 0.25) is 0 Å². The molecule has 0 aliphatic carbocycles. The number of rotatable bonds is 0. The zero-order valence-corrected chi connectivity index (χ0v) is 5.69. The van der Waals surface area contributed by atoms with Crippen LogP contribution in [-0.2, 0) is 0 Å². The van der Waals surface area contributed by atoms with Gasteiger partial charge in [-0.25, -0.2) is 0 Å². The quantitative estimate of drug-likeness (QED) is 0.626. The van der Waals surface area contributed by atoms with Gasteiger partial charge in [0.15, 0.2) is 0 Å². The summed E-state index contributed by atoms with van der Waals surface area (Å²) in [6.45, 7) is 0. The van der Waals surface area contributed by atoms with E-state index in [9.17, 15) is 0 Å². The molecule has 0 atom stereocenters. The van der Waals surface area contributed by atoms with Crippen LogP contribution in [0.5, 0.6) is 0 Å². The topological polar surface area (TPSA) is 0 Å². The summed E-state index contributed by atoms with van der Waals surface area (Å²) in [4.78, 5) is 0. The molecule has 0 spiro atoms. The van der Waals surface area contributed by atoms with Gasteiger partial charge in [0, 0.05) is 4.70 Å². The first kappa shape index (κ1) is 8.08. The third-order valence-electron chi connectivity index (χ3n) is 1.36. The van der Waals surface area contributed by atoms with E-state index in [0.29, 0.717) is 0 Å². The van der Waals surface area contributed by atoms with Crippen LogP contribution in [-0.4, -0.2) is 23.9 Å². The molecule has 0 saturated heterocycles. The van der Waals surface area contributed by atoms with E-state index in [2.05, 4.69) is 35.7 Å². The second-order valence-electron chi connectivity index (χ2n) is 1.96. The molecule has 2 heteroatoms. The second kappa shape index (κ2) is 3.39. The summed E-state index contributed by atoms with van der Waals surface area (Å²) in [6.07, 6.45) is 0. The fourth-order valence-corrected chi connectivity index (χ4v) is 1.70. The minimum Gasteiger partial charge on any atom is -0.144 e. The van der Waals surface area contributed by atoms with E-state index in [1.807, 2.05) is 0 Å². The molecule has 0 radical (unpaired) electrons. The number of fused-ring (bicyclic) bond motifs is 1. The summed E-state index contributed by atoms with van der Waals surface area (Å²) in [5.41, 5.74) is 0. The molecular weight excluding hydrogens is 247 g/mol. The first-order valence-electron chi connectivity index (χ1n) is 2.89. The summed E-state index contributed by atoms with van der Waals surface area (Å²) in [6, 6.07) is 10.5. The van der Waals surface area contributed by atoms with Crippen molar-refractivity contribution in [2.45, 2.75) is 0 Å². The first-order chi connectivity index (χ1) is 4.47. The van der Waals surface area contributed by atoms with Crippen LogP contribution in [0.4, 0.5) is 0 Å². The van der Waals surface area contributed by atoms with Crippen molar-refractivity contribution < 1.29 is 0 Å². The molecule has 0 saturated carbocycles. The van der Waals surface area contributed by atoms with Crippen molar-refractivity contribution in [3.8, 4) is 0 Å². The standard InChI is InChI=1S/C8H6S.Sn.4H/c1-2-4-8-7(3-1)5-6-9-8;;;;;/h1-6H;;;;;. The zero-order valence-electron chi connectivity index (χ0n) is 4.87. The van der Waals surface area contributed by atoms with Gasteiger partial charge in [0.2, 0.25) is 0 Å². The maximum absolute atomic E-state index is 2.14. The van der Waals surface area contributed by atoms with E-state index in [0.717, 1.165) is 0 Å². The molecule has 2 aromatic rings. The SMILES string of the molecule is [SnH4].c1ccc2sccc2c1. The first-order valence-corrected chi connectivity index (χ1v) is 3.77. The van der Waals surface area contributed by atoms with Crippen molar-refractivity contribution in [3.05, 3.63) is 35.7 Å². The molecule has 0 aliphatic heterocycles. The molecule has 52 valence electrons. The maximum Gasteiger partial charge on any atom is 0.0342 e. The minimum absolute atomic E-state index is 0. The smallest absolute Gasteiger partial charge is 0.0342 e. The van der Waals surface area contributed by atoms with Crippen molar-refractivity contribution in [3.63, 3.8) is 0 Å². The third-order valence-corrected chi connectivity index (χ3v) is 2.26. The monoisotopic (exact) mass is 258 g/mol. The van der Waals surface area contributed by atoms with Crippen molar-refractivity contribution in [2.75, 3.05) is 0 Å². The van der Waals surface area contributed by atoms with Crippen molar-refractivity contribution in [1.82, 2.24) is 0 Å².